The summed E-state index contributed by atoms with van der Waals surface area (Å²) in [6.07, 6.45) is 0. The van der Waals surface area contributed by atoms with E-state index < -0.39 is 11.7 Å². The molecule has 0 aliphatic carbocycles. The molecule has 5 heteroatoms. The molecule has 0 saturated carbocycles. The number of nitrogens with zero attached hydrogens (tertiary/aromatic N) is 1. The van der Waals surface area contributed by atoms with Crippen LogP contribution in [0.1, 0.15) is 10.4 Å². The summed E-state index contributed by atoms with van der Waals surface area (Å²) in [5, 5.41) is 0.882. The van der Waals surface area contributed by atoms with Gasteiger partial charge in [0.1, 0.15) is 5.75 Å². The van der Waals surface area contributed by atoms with E-state index >= 15 is 0 Å². The summed E-state index contributed by atoms with van der Waals surface area (Å²) in [6.45, 7) is 0. The number of hydroxylamine groups is 2. The summed E-state index contributed by atoms with van der Waals surface area (Å²) in [5.41, 5.74) is 0.301. The molecule has 0 aliphatic heterocycles. The molecule has 0 heterocycles. The van der Waals surface area contributed by atoms with Crippen LogP contribution in [0.5, 0.6) is 5.75 Å². The minimum Gasteiger partial charge on any atom is -0.497 e. The maximum absolute atomic E-state index is 11.6. The number of hydrogen-bond acceptors (Lipinski definition) is 4. The number of amides is 1. The van der Waals surface area contributed by atoms with E-state index in [0.717, 1.165) is 5.06 Å². The van der Waals surface area contributed by atoms with Crippen molar-refractivity contribution in [3.8, 4) is 5.75 Å². The van der Waals surface area contributed by atoms with Gasteiger partial charge in [-0.05, 0) is 24.3 Å². The van der Waals surface area contributed by atoms with Crippen molar-refractivity contribution in [2.45, 2.75) is 0 Å². The molecule has 1 amide bonds. The van der Waals surface area contributed by atoms with Crippen LogP contribution in [0.4, 0.5) is 0 Å². The molecule has 0 bridgehead atoms. The van der Waals surface area contributed by atoms with Gasteiger partial charge in [0.05, 0.1) is 14.2 Å². The largest absolute Gasteiger partial charge is 0.497 e. The molecule has 0 radical (unpaired) electrons. The highest BCUT2D eigenvalue weighted by molar-refractivity contribution is 6.42. The molecule has 0 atom stereocenters. The molecule has 86 valence electrons. The van der Waals surface area contributed by atoms with E-state index in [1.165, 1.54) is 33.4 Å². The number of likely N-dealkylation sites (N-methyl/N-ethyl adjacent to an activating group) is 1. The maximum Gasteiger partial charge on any atom is 0.318 e. The first-order valence-electron chi connectivity index (χ1n) is 4.60. The van der Waals surface area contributed by atoms with E-state index in [1.807, 2.05) is 0 Å². The Morgan fingerprint density at radius 3 is 2.12 bits per heavy atom. The van der Waals surface area contributed by atoms with Gasteiger partial charge >= 0.3 is 5.91 Å². The highest BCUT2D eigenvalue weighted by atomic mass is 16.7. The van der Waals surface area contributed by atoms with Crippen molar-refractivity contribution in [3.05, 3.63) is 29.8 Å². The fourth-order valence-electron chi connectivity index (χ4n) is 1.09. The van der Waals surface area contributed by atoms with E-state index in [1.54, 1.807) is 12.1 Å². The summed E-state index contributed by atoms with van der Waals surface area (Å²) in [4.78, 5) is 27.7. The average Bonchev–Trinajstić information content (AvgIpc) is 2.36. The molecule has 0 fully saturated rings. The highest BCUT2D eigenvalue weighted by Gasteiger charge is 2.20. The summed E-state index contributed by atoms with van der Waals surface area (Å²) in [6, 6.07) is 6.30. The van der Waals surface area contributed by atoms with Crippen LogP contribution >= 0.6 is 0 Å². The smallest absolute Gasteiger partial charge is 0.318 e. The molecule has 16 heavy (non-hydrogen) atoms. The maximum atomic E-state index is 11.6. The third kappa shape index (κ3) is 2.58. The normalized spacial score (nSPS) is 9.69. The van der Waals surface area contributed by atoms with Crippen LogP contribution in [0.25, 0.3) is 0 Å². The zero-order valence-electron chi connectivity index (χ0n) is 9.39. The van der Waals surface area contributed by atoms with Gasteiger partial charge in [-0.25, -0.2) is 5.06 Å². The number of ether oxygens (including phenoxy) is 1. The summed E-state index contributed by atoms with van der Waals surface area (Å²) in [5.74, 6) is -0.705. The van der Waals surface area contributed by atoms with Crippen molar-refractivity contribution in [2.24, 2.45) is 0 Å². The Kier molecular flexibility index (Phi) is 4.02. The van der Waals surface area contributed by atoms with E-state index in [-0.39, 0.29) is 0 Å². The molecule has 1 aromatic carbocycles. The van der Waals surface area contributed by atoms with Crippen LogP contribution in [-0.4, -0.2) is 38.0 Å². The van der Waals surface area contributed by atoms with E-state index in [4.69, 9.17) is 4.74 Å². The molecule has 1 rings (SSSR count). The number of benzene rings is 1. The lowest BCUT2D eigenvalue weighted by Crippen LogP contribution is -2.32. The van der Waals surface area contributed by atoms with Crippen LogP contribution in [0.2, 0.25) is 0 Å². The Bertz CT molecular complexity index is 385. The molecule has 0 aromatic heterocycles. The van der Waals surface area contributed by atoms with Crippen molar-refractivity contribution in [3.63, 3.8) is 0 Å². The van der Waals surface area contributed by atoms with E-state index in [2.05, 4.69) is 4.84 Å². The van der Waals surface area contributed by atoms with Crippen molar-refractivity contribution >= 4 is 11.7 Å². The molecule has 0 saturated heterocycles. The second kappa shape index (κ2) is 5.27. The van der Waals surface area contributed by atoms with Crippen LogP contribution in [0.3, 0.4) is 0 Å². The Morgan fingerprint density at radius 1 is 1.12 bits per heavy atom. The van der Waals surface area contributed by atoms with Gasteiger partial charge in [0.25, 0.3) is 5.78 Å². The van der Waals surface area contributed by atoms with Crippen LogP contribution < -0.4 is 4.74 Å². The second-order valence-electron chi connectivity index (χ2n) is 3.04. The van der Waals surface area contributed by atoms with Crippen molar-refractivity contribution in [1.82, 2.24) is 5.06 Å². The predicted molar refractivity (Wildman–Crippen MR) is 57.1 cm³/mol. The Hall–Kier alpha value is -1.88. The van der Waals surface area contributed by atoms with Gasteiger partial charge in [0.15, 0.2) is 0 Å². The molecule has 0 spiro atoms. The first-order valence-corrected chi connectivity index (χ1v) is 4.60. The zero-order chi connectivity index (χ0) is 12.1. The first-order chi connectivity index (χ1) is 7.60. The average molecular weight is 223 g/mol. The van der Waals surface area contributed by atoms with Crippen molar-refractivity contribution in [2.75, 3.05) is 21.3 Å². The molecule has 1 aromatic rings. The Labute approximate surface area is 93.5 Å². The van der Waals surface area contributed by atoms with Gasteiger partial charge in [0.2, 0.25) is 0 Å². The lowest BCUT2D eigenvalue weighted by molar-refractivity contribution is -0.162. The summed E-state index contributed by atoms with van der Waals surface area (Å²) in [7, 11) is 4.23. The zero-order valence-corrected chi connectivity index (χ0v) is 9.39. The van der Waals surface area contributed by atoms with Crippen molar-refractivity contribution in [1.29, 1.82) is 0 Å². The van der Waals surface area contributed by atoms with Crippen LogP contribution in [-0.2, 0) is 9.63 Å². The molecule has 0 unspecified atom stereocenters. The lowest BCUT2D eigenvalue weighted by Gasteiger charge is -2.12. The number of carbonyl (C=O) groups excluding carboxylic acids is 2. The highest BCUT2D eigenvalue weighted by Crippen LogP contribution is 2.12. The lowest BCUT2D eigenvalue weighted by atomic mass is 10.1. The summed E-state index contributed by atoms with van der Waals surface area (Å²) < 4.78 is 4.95. The SMILES string of the molecule is COc1ccc(C(=O)C(=O)N(C)OC)cc1. The molecule has 5 nitrogen and oxygen atoms in total. The second-order valence-corrected chi connectivity index (χ2v) is 3.04. The van der Waals surface area contributed by atoms with Crippen LogP contribution in [0.15, 0.2) is 24.3 Å². The third-order valence-corrected chi connectivity index (χ3v) is 2.11. The van der Waals surface area contributed by atoms with Crippen molar-refractivity contribution < 1.29 is 19.2 Å². The number of carbonyl (C=O) groups is 2. The molecule has 0 N–H and O–H groups in total. The Morgan fingerprint density at radius 2 is 1.69 bits per heavy atom. The minimum atomic E-state index is -0.715. The van der Waals surface area contributed by atoms with Gasteiger partial charge in [-0.15, -0.1) is 0 Å². The third-order valence-electron chi connectivity index (χ3n) is 2.11. The molecular weight excluding hydrogens is 210 g/mol. The molecule has 0 aliphatic rings. The minimum absolute atomic E-state index is 0.301. The number of methoxy groups -OCH3 is 1. The fraction of sp³-hybridized carbons (Fsp3) is 0.273. The summed E-state index contributed by atoms with van der Waals surface area (Å²) >= 11 is 0. The topological polar surface area (TPSA) is 55.8 Å². The number of ketones is 1. The van der Waals surface area contributed by atoms with Gasteiger partial charge in [0, 0.05) is 12.6 Å². The van der Waals surface area contributed by atoms with Gasteiger partial charge in [-0.3, -0.25) is 14.4 Å². The first kappa shape index (κ1) is 12.2. The van der Waals surface area contributed by atoms with Gasteiger partial charge < -0.3 is 4.74 Å². The standard InChI is InChI=1S/C11H13NO4/c1-12(16-3)11(14)10(13)8-4-6-9(15-2)7-5-8/h4-7H,1-3H3. The van der Waals surface area contributed by atoms with Gasteiger partial charge in [-0.2, -0.15) is 0 Å². The molecular formula is C11H13NO4. The van der Waals surface area contributed by atoms with Gasteiger partial charge in [-0.1, -0.05) is 0 Å². The quantitative estimate of drug-likeness (QED) is 0.432. The van der Waals surface area contributed by atoms with E-state index in [0.29, 0.717) is 11.3 Å². The van der Waals surface area contributed by atoms with E-state index in [9.17, 15) is 9.59 Å². The number of Topliss-reactive ketones (excluding diaryl/α,β-unsaturated/α-hetero) is 1. The number of rotatable bonds is 4. The predicted octanol–water partition coefficient (Wildman–Crippen LogP) is 0.898. The monoisotopic (exact) mass is 223 g/mol. The fourth-order valence-corrected chi connectivity index (χ4v) is 1.09. The number of hydrogen-bond donors (Lipinski definition) is 0. The van der Waals surface area contributed by atoms with Crippen LogP contribution in [0, 0.1) is 0 Å². The Balaban J connectivity index is 2.84.